The molecule has 0 spiro atoms. The molecule has 0 aromatic rings. The summed E-state index contributed by atoms with van der Waals surface area (Å²) in [5.41, 5.74) is 0. The molecule has 0 radical (unpaired) electrons. The van der Waals surface area contributed by atoms with Gasteiger partial charge in [0.2, 0.25) is 0 Å². The second kappa shape index (κ2) is 15.9. The predicted octanol–water partition coefficient (Wildman–Crippen LogP) is -7.59. The molecule has 0 heterocycles. The van der Waals surface area contributed by atoms with Crippen molar-refractivity contribution in [3.63, 3.8) is 0 Å². The van der Waals surface area contributed by atoms with Gasteiger partial charge in [-0.15, -0.1) is 0 Å². The number of ether oxygens (including phenoxy) is 4. The third-order valence-electron chi connectivity index (χ3n) is 2.61. The molecule has 5 unspecified atom stereocenters. The van der Waals surface area contributed by atoms with Crippen LogP contribution in [0.5, 0.6) is 0 Å². The Labute approximate surface area is 204 Å². The summed E-state index contributed by atoms with van der Waals surface area (Å²) in [5.74, 6) is -7.68. The molecule has 0 amide bonds. The molecule has 0 fully saturated rings. The first-order valence-electron chi connectivity index (χ1n) is 8.48. The summed E-state index contributed by atoms with van der Waals surface area (Å²) in [6, 6.07) is 0. The number of aliphatic carboxylic acids is 1. The van der Waals surface area contributed by atoms with Gasteiger partial charge in [0, 0.05) is 0 Å². The van der Waals surface area contributed by atoms with Crippen molar-refractivity contribution in [2.45, 2.75) is 71.3 Å². The number of rotatable bonds is 9. The molecule has 32 heavy (non-hydrogen) atoms. The van der Waals surface area contributed by atoms with E-state index >= 15 is 0 Å². The fourth-order valence-corrected chi connectivity index (χ4v) is 0.959. The molecule has 5 atom stereocenters. The van der Waals surface area contributed by atoms with Gasteiger partial charge in [-0.2, -0.15) is 0 Å². The summed E-state index contributed by atoms with van der Waals surface area (Å²) in [7, 11) is 0. The van der Waals surface area contributed by atoms with E-state index in [-0.39, 0.29) is 29.6 Å². The van der Waals surface area contributed by atoms with E-state index in [0.717, 1.165) is 34.6 Å². The van der Waals surface area contributed by atoms with Gasteiger partial charge in [0.25, 0.3) is 0 Å². The number of aliphatic hydroxyl groups is 5. The molecule has 0 saturated carbocycles. The van der Waals surface area contributed by atoms with Gasteiger partial charge in [0.05, 0.1) is 12.1 Å². The number of carboxylic acids is 1. The van der Waals surface area contributed by atoms with E-state index in [1.54, 1.807) is 0 Å². The zero-order valence-electron chi connectivity index (χ0n) is 18.2. The van der Waals surface area contributed by atoms with Crippen molar-refractivity contribution in [2.24, 2.45) is 0 Å². The summed E-state index contributed by atoms with van der Waals surface area (Å²) in [4.78, 5) is 55.7. The topological polar surface area (TPSA) is 246 Å². The molecule has 0 saturated heterocycles. The average Bonchev–Trinajstić information content (AvgIpc) is 2.61. The summed E-state index contributed by atoms with van der Waals surface area (Å²) in [6.07, 6.45) is -12.2. The van der Waals surface area contributed by atoms with Gasteiger partial charge in [-0.25, -0.2) is 19.2 Å². The Balaban J connectivity index is -0.00000105. The first-order valence-corrected chi connectivity index (χ1v) is 8.48. The SMILES string of the molecule is CC(O)C(=O)OC(OC(=O)C(C)O)(OC(=O)C(C)O)OC(=O)C(C)O.CC(O)C(=O)[O-].[Na+]. The smallest absolute Gasteiger partial charge is 0.547 e. The number of hydrogen-bond acceptors (Lipinski definition) is 15. The first-order chi connectivity index (χ1) is 14.0. The van der Waals surface area contributed by atoms with Crippen LogP contribution in [0.15, 0.2) is 0 Å². The minimum atomic E-state index is -3.52. The second-order valence-electron chi connectivity index (χ2n) is 5.88. The molecule has 0 rings (SSSR count). The van der Waals surface area contributed by atoms with Crippen LogP contribution in [-0.4, -0.2) is 92.1 Å². The van der Waals surface area contributed by atoms with Gasteiger partial charge in [-0.3, -0.25) is 0 Å². The second-order valence-corrected chi connectivity index (χ2v) is 5.88. The van der Waals surface area contributed by atoms with Gasteiger partial charge in [-0.1, -0.05) is 0 Å². The Morgan fingerprint density at radius 1 is 0.562 bits per heavy atom. The van der Waals surface area contributed by atoms with Crippen molar-refractivity contribution in [1.82, 2.24) is 0 Å². The van der Waals surface area contributed by atoms with Crippen molar-refractivity contribution < 1.29 is 103 Å². The Hall–Kier alpha value is -1.85. The van der Waals surface area contributed by atoms with Crippen molar-refractivity contribution in [1.29, 1.82) is 0 Å². The standard InChI is InChI=1S/C13H20O12.C3H6O3.Na/c1-5(14)9(18)22-13(23-10(19)6(2)15,24-11(20)7(3)16)25-12(21)8(4)17;1-2(4)3(5)6;/h5-8,14-17H,1-4H3;2,4H,1H3,(H,5,6);/q;;+1/p-1. The Morgan fingerprint density at radius 2 is 0.719 bits per heavy atom. The Morgan fingerprint density at radius 3 is 0.812 bits per heavy atom. The van der Waals surface area contributed by atoms with Crippen molar-refractivity contribution in [3.05, 3.63) is 0 Å². The third kappa shape index (κ3) is 14.3. The first kappa shape index (κ1) is 34.8. The summed E-state index contributed by atoms with van der Waals surface area (Å²) < 4.78 is 17.6. The number of carbonyl (C=O) groups excluding carboxylic acids is 5. The summed E-state index contributed by atoms with van der Waals surface area (Å²) in [5, 5.41) is 54.0. The maximum absolute atomic E-state index is 11.6. The molecular weight excluding hydrogens is 455 g/mol. The van der Waals surface area contributed by atoms with E-state index in [9.17, 15) is 49.5 Å². The van der Waals surface area contributed by atoms with Crippen LogP contribution in [0.25, 0.3) is 0 Å². The normalized spacial score (nSPS) is 16.6. The largest absolute Gasteiger partial charge is 1.00 e. The molecule has 5 N–H and O–H groups in total. The van der Waals surface area contributed by atoms with Crippen molar-refractivity contribution in [3.8, 4) is 0 Å². The molecule has 16 heteroatoms. The Bertz CT molecular complexity index is 548. The molecule has 0 aliphatic rings. The van der Waals surface area contributed by atoms with E-state index in [0.29, 0.717) is 0 Å². The molecular formula is C16H25NaO15. The van der Waals surface area contributed by atoms with Crippen LogP contribution in [0.3, 0.4) is 0 Å². The van der Waals surface area contributed by atoms with Gasteiger partial charge in [-0.05, 0) is 34.6 Å². The monoisotopic (exact) mass is 480 g/mol. The van der Waals surface area contributed by atoms with Gasteiger partial charge in [0.1, 0.15) is 24.4 Å². The van der Waals surface area contributed by atoms with Crippen LogP contribution in [0, 0.1) is 0 Å². The van der Waals surface area contributed by atoms with Crippen LogP contribution in [0.4, 0.5) is 0 Å². The molecule has 15 nitrogen and oxygen atoms in total. The third-order valence-corrected chi connectivity index (χ3v) is 2.61. The van der Waals surface area contributed by atoms with E-state index < -0.39 is 66.5 Å². The minimum absolute atomic E-state index is 0. The van der Waals surface area contributed by atoms with Crippen molar-refractivity contribution >= 4 is 29.8 Å². The number of carboxylic acid groups (broad SMARTS) is 1. The molecule has 0 aliphatic carbocycles. The zero-order valence-corrected chi connectivity index (χ0v) is 20.2. The minimum Gasteiger partial charge on any atom is -0.547 e. The molecule has 0 aromatic carbocycles. The van der Waals surface area contributed by atoms with Crippen LogP contribution >= 0.6 is 0 Å². The fourth-order valence-electron chi connectivity index (χ4n) is 0.959. The predicted molar refractivity (Wildman–Crippen MR) is 90.5 cm³/mol. The number of carbonyl (C=O) groups is 5. The van der Waals surface area contributed by atoms with E-state index in [2.05, 4.69) is 18.9 Å². The van der Waals surface area contributed by atoms with E-state index in [1.165, 1.54) is 0 Å². The molecule has 0 aliphatic heterocycles. The summed E-state index contributed by atoms with van der Waals surface area (Å²) >= 11 is 0. The van der Waals surface area contributed by atoms with Gasteiger partial charge in [0.15, 0.2) is 0 Å². The maximum Gasteiger partial charge on any atom is 1.00 e. The quantitative estimate of drug-likeness (QED) is 0.117. The number of hydrogen-bond donors (Lipinski definition) is 5. The Kier molecular flexibility index (Phi) is 17.2. The molecule has 0 bridgehead atoms. The zero-order chi connectivity index (χ0) is 25.1. The average molecular weight is 480 g/mol. The molecule has 180 valence electrons. The van der Waals surface area contributed by atoms with Crippen molar-refractivity contribution in [2.75, 3.05) is 0 Å². The number of esters is 4. The van der Waals surface area contributed by atoms with Gasteiger partial charge < -0.3 is 54.4 Å². The maximum atomic E-state index is 11.6. The van der Waals surface area contributed by atoms with Crippen LogP contribution in [0.1, 0.15) is 34.6 Å². The number of aliphatic hydroxyl groups excluding tert-OH is 5. The van der Waals surface area contributed by atoms with Crippen LogP contribution in [0.2, 0.25) is 0 Å². The molecule has 0 aromatic heterocycles. The van der Waals surface area contributed by atoms with Gasteiger partial charge >= 0.3 is 59.6 Å². The summed E-state index contributed by atoms with van der Waals surface area (Å²) in [6.45, 7) is 4.84. The van der Waals surface area contributed by atoms with Crippen LogP contribution < -0.4 is 34.7 Å². The van der Waals surface area contributed by atoms with Crippen LogP contribution in [-0.2, 0) is 42.9 Å². The van der Waals surface area contributed by atoms with E-state index in [1.807, 2.05) is 0 Å². The van der Waals surface area contributed by atoms with E-state index in [4.69, 9.17) is 5.11 Å². The fraction of sp³-hybridized carbons (Fsp3) is 0.688.